The second-order valence-electron chi connectivity index (χ2n) is 5.70. The highest BCUT2D eigenvalue weighted by molar-refractivity contribution is 6.19. The van der Waals surface area contributed by atoms with E-state index in [1.165, 1.54) is 4.90 Å². The van der Waals surface area contributed by atoms with E-state index in [0.717, 1.165) is 5.56 Å². The third-order valence-corrected chi connectivity index (χ3v) is 3.91. The largest absolute Gasteiger partial charge is 0.313 e. The molecule has 0 N–H and O–H groups in total. The maximum atomic E-state index is 12.7. The van der Waals surface area contributed by atoms with Gasteiger partial charge < -0.3 is 9.80 Å². The smallest absolute Gasteiger partial charge is 0.242 e. The molecule has 0 unspecified atom stereocenters. The first-order chi connectivity index (χ1) is 9.84. The number of hydrogen-bond donors (Lipinski definition) is 0. The Morgan fingerprint density at radius 2 is 1.86 bits per heavy atom. The molecule has 2 amide bonds. The molecule has 1 heterocycles. The standard InChI is InChI=1S/C16H19N3O2/c1-5-19-12-7-6-11(8-9-17)10-13(12)18(4)14(20)16(2,3)15(19)21/h6-7,10H,5,8H2,1-4H3. The molecular weight excluding hydrogens is 266 g/mol. The SMILES string of the molecule is CCN1C(=O)C(C)(C)C(=O)N(C)c2cc(CC#N)ccc21. The number of hydrogen-bond acceptors (Lipinski definition) is 3. The molecule has 0 aromatic heterocycles. The van der Waals surface area contributed by atoms with Crippen LogP contribution in [0.2, 0.25) is 0 Å². The van der Waals surface area contributed by atoms with Crippen LogP contribution in [0, 0.1) is 16.7 Å². The lowest BCUT2D eigenvalue weighted by Gasteiger charge is -2.27. The molecular formula is C16H19N3O2. The van der Waals surface area contributed by atoms with Crippen molar-refractivity contribution in [2.45, 2.75) is 27.2 Å². The van der Waals surface area contributed by atoms with Gasteiger partial charge in [0.2, 0.25) is 11.8 Å². The van der Waals surface area contributed by atoms with Crippen molar-refractivity contribution in [1.29, 1.82) is 5.26 Å². The third kappa shape index (κ3) is 2.27. The predicted octanol–water partition coefficient (Wildman–Crippen LogP) is 2.11. The summed E-state index contributed by atoms with van der Waals surface area (Å²) in [4.78, 5) is 28.4. The number of carbonyl (C=O) groups is 2. The Morgan fingerprint density at radius 1 is 1.19 bits per heavy atom. The van der Waals surface area contributed by atoms with Crippen LogP contribution in [-0.4, -0.2) is 25.4 Å². The van der Waals surface area contributed by atoms with Crippen LogP contribution < -0.4 is 9.80 Å². The van der Waals surface area contributed by atoms with Crippen LogP contribution >= 0.6 is 0 Å². The van der Waals surface area contributed by atoms with Crippen LogP contribution in [0.5, 0.6) is 0 Å². The van der Waals surface area contributed by atoms with Crippen LogP contribution in [-0.2, 0) is 16.0 Å². The van der Waals surface area contributed by atoms with E-state index in [4.69, 9.17) is 5.26 Å². The summed E-state index contributed by atoms with van der Waals surface area (Å²) in [7, 11) is 1.67. The predicted molar refractivity (Wildman–Crippen MR) is 81.0 cm³/mol. The lowest BCUT2D eigenvalue weighted by molar-refractivity contribution is -0.137. The van der Waals surface area contributed by atoms with Gasteiger partial charge in [0.05, 0.1) is 23.9 Å². The molecule has 110 valence electrons. The lowest BCUT2D eigenvalue weighted by atomic mass is 9.90. The fraction of sp³-hybridized carbons (Fsp3) is 0.438. The van der Waals surface area contributed by atoms with Gasteiger partial charge in [-0.05, 0) is 38.5 Å². The van der Waals surface area contributed by atoms with Gasteiger partial charge in [-0.25, -0.2) is 0 Å². The molecule has 1 aromatic carbocycles. The molecule has 21 heavy (non-hydrogen) atoms. The van der Waals surface area contributed by atoms with E-state index in [9.17, 15) is 9.59 Å². The normalized spacial score (nSPS) is 17.3. The Bertz CT molecular complexity index is 643. The first-order valence-electron chi connectivity index (χ1n) is 6.94. The van der Waals surface area contributed by atoms with Crippen molar-refractivity contribution in [3.8, 4) is 6.07 Å². The first kappa shape index (κ1) is 15.0. The minimum atomic E-state index is -1.10. The molecule has 2 rings (SSSR count). The van der Waals surface area contributed by atoms with Gasteiger partial charge in [-0.2, -0.15) is 5.26 Å². The Labute approximate surface area is 124 Å². The molecule has 0 aliphatic carbocycles. The van der Waals surface area contributed by atoms with Crippen LogP contribution in [0.15, 0.2) is 18.2 Å². The molecule has 0 spiro atoms. The van der Waals surface area contributed by atoms with Crippen molar-refractivity contribution in [3.05, 3.63) is 23.8 Å². The average Bonchev–Trinajstić information content (AvgIpc) is 2.51. The number of fused-ring (bicyclic) bond motifs is 1. The number of rotatable bonds is 2. The van der Waals surface area contributed by atoms with Gasteiger partial charge in [0.25, 0.3) is 0 Å². The Kier molecular flexibility index (Phi) is 3.73. The van der Waals surface area contributed by atoms with E-state index in [0.29, 0.717) is 17.9 Å². The molecule has 0 saturated heterocycles. The van der Waals surface area contributed by atoms with Crippen molar-refractivity contribution in [3.63, 3.8) is 0 Å². The molecule has 1 aliphatic heterocycles. The molecule has 1 aromatic rings. The monoisotopic (exact) mass is 285 g/mol. The summed E-state index contributed by atoms with van der Waals surface area (Å²) in [5.41, 5.74) is 1.12. The zero-order valence-corrected chi connectivity index (χ0v) is 12.8. The van der Waals surface area contributed by atoms with E-state index < -0.39 is 5.41 Å². The highest BCUT2D eigenvalue weighted by Gasteiger charge is 2.45. The molecule has 5 heteroatoms. The minimum absolute atomic E-state index is 0.200. The average molecular weight is 285 g/mol. The van der Waals surface area contributed by atoms with Gasteiger partial charge >= 0.3 is 0 Å². The second-order valence-corrected chi connectivity index (χ2v) is 5.70. The van der Waals surface area contributed by atoms with Crippen LogP contribution in [0.25, 0.3) is 0 Å². The molecule has 0 atom stereocenters. The van der Waals surface area contributed by atoms with Gasteiger partial charge in [-0.3, -0.25) is 9.59 Å². The molecule has 5 nitrogen and oxygen atoms in total. The van der Waals surface area contributed by atoms with Crippen molar-refractivity contribution in [2.75, 3.05) is 23.4 Å². The van der Waals surface area contributed by atoms with E-state index in [1.807, 2.05) is 25.1 Å². The summed E-state index contributed by atoms with van der Waals surface area (Å²) in [6.07, 6.45) is 0.277. The first-order valence-corrected chi connectivity index (χ1v) is 6.94. The van der Waals surface area contributed by atoms with E-state index in [-0.39, 0.29) is 18.2 Å². The number of benzene rings is 1. The van der Waals surface area contributed by atoms with Crippen molar-refractivity contribution < 1.29 is 9.59 Å². The third-order valence-electron chi connectivity index (χ3n) is 3.91. The van der Waals surface area contributed by atoms with Gasteiger partial charge in [0.15, 0.2) is 0 Å². The molecule has 0 radical (unpaired) electrons. The van der Waals surface area contributed by atoms with Crippen LogP contribution in [0.4, 0.5) is 11.4 Å². The lowest BCUT2D eigenvalue weighted by Crippen LogP contribution is -2.47. The number of nitrogens with zero attached hydrogens (tertiary/aromatic N) is 3. The topological polar surface area (TPSA) is 64.4 Å². The van der Waals surface area contributed by atoms with E-state index >= 15 is 0 Å². The zero-order chi connectivity index (χ0) is 15.8. The summed E-state index contributed by atoms with van der Waals surface area (Å²) < 4.78 is 0. The molecule has 1 aliphatic rings. The highest BCUT2D eigenvalue weighted by Crippen LogP contribution is 2.38. The van der Waals surface area contributed by atoms with Gasteiger partial charge in [0, 0.05) is 13.6 Å². The van der Waals surface area contributed by atoms with E-state index in [1.54, 1.807) is 25.8 Å². The highest BCUT2D eigenvalue weighted by atomic mass is 16.2. The number of carbonyl (C=O) groups excluding carboxylic acids is 2. The summed E-state index contributed by atoms with van der Waals surface area (Å²) in [6.45, 7) is 5.68. The number of nitriles is 1. The number of amides is 2. The van der Waals surface area contributed by atoms with Crippen LogP contribution in [0.1, 0.15) is 26.3 Å². The summed E-state index contributed by atoms with van der Waals surface area (Å²) in [5, 5.41) is 8.83. The molecule has 0 bridgehead atoms. The van der Waals surface area contributed by atoms with Crippen molar-refractivity contribution >= 4 is 23.2 Å². The maximum absolute atomic E-state index is 12.7. The summed E-state index contributed by atoms with van der Waals surface area (Å²) in [6, 6.07) is 7.55. The van der Waals surface area contributed by atoms with Gasteiger partial charge in [-0.1, -0.05) is 6.07 Å². The Hall–Kier alpha value is -2.35. The molecule has 0 fully saturated rings. The fourth-order valence-electron chi connectivity index (χ4n) is 2.65. The van der Waals surface area contributed by atoms with E-state index in [2.05, 4.69) is 6.07 Å². The summed E-state index contributed by atoms with van der Waals surface area (Å²) >= 11 is 0. The second kappa shape index (κ2) is 5.21. The van der Waals surface area contributed by atoms with Crippen molar-refractivity contribution in [1.82, 2.24) is 0 Å². The van der Waals surface area contributed by atoms with Crippen molar-refractivity contribution in [2.24, 2.45) is 5.41 Å². The minimum Gasteiger partial charge on any atom is -0.313 e. The molecule has 0 saturated carbocycles. The Balaban J connectivity index is 2.66. The zero-order valence-electron chi connectivity index (χ0n) is 12.8. The van der Waals surface area contributed by atoms with Gasteiger partial charge in [-0.15, -0.1) is 0 Å². The number of anilines is 2. The summed E-state index contributed by atoms with van der Waals surface area (Å²) in [5.74, 6) is -0.438. The van der Waals surface area contributed by atoms with Crippen LogP contribution in [0.3, 0.4) is 0 Å². The maximum Gasteiger partial charge on any atom is 0.242 e. The quantitative estimate of drug-likeness (QED) is 0.782. The van der Waals surface area contributed by atoms with Gasteiger partial charge in [0.1, 0.15) is 5.41 Å². The fourth-order valence-corrected chi connectivity index (χ4v) is 2.65. The Morgan fingerprint density at radius 3 is 2.43 bits per heavy atom.